The van der Waals surface area contributed by atoms with Gasteiger partial charge < -0.3 is 0 Å². The van der Waals surface area contributed by atoms with E-state index >= 15 is 0 Å². The zero-order valence-corrected chi connectivity index (χ0v) is 9.85. The lowest BCUT2D eigenvalue weighted by atomic mass is 10.0. The Bertz CT molecular complexity index is 245. The van der Waals surface area contributed by atoms with Gasteiger partial charge in [-0.05, 0) is 23.1 Å². The van der Waals surface area contributed by atoms with Crippen LogP contribution < -0.4 is 5.19 Å². The van der Waals surface area contributed by atoms with E-state index in [2.05, 4.69) is 38.1 Å². The summed E-state index contributed by atoms with van der Waals surface area (Å²) in [5.74, 6) is 0.725. The summed E-state index contributed by atoms with van der Waals surface area (Å²) < 4.78 is 0. The molecule has 66 valence electrons. The molecule has 0 saturated heterocycles. The largest absolute Gasteiger partial charge is 0.170 e. The molecular weight excluding hydrogens is 184 g/mol. The Labute approximate surface area is 81.5 Å². The van der Waals surface area contributed by atoms with E-state index in [1.807, 2.05) is 0 Å². The third-order valence-corrected chi connectivity index (χ3v) is 3.73. The molecule has 0 radical (unpaired) electrons. The predicted octanol–water partition coefficient (Wildman–Crippen LogP) is 1.83. The van der Waals surface area contributed by atoms with Crippen LogP contribution in [0.4, 0.5) is 0 Å². The van der Waals surface area contributed by atoms with E-state index in [1.54, 1.807) is 0 Å². The van der Waals surface area contributed by atoms with E-state index in [1.165, 1.54) is 10.8 Å². The van der Waals surface area contributed by atoms with Crippen LogP contribution in [0.2, 0.25) is 0 Å². The first-order chi connectivity index (χ1) is 5.74. The summed E-state index contributed by atoms with van der Waals surface area (Å²) in [6.07, 6.45) is 1.16. The van der Waals surface area contributed by atoms with E-state index in [4.69, 9.17) is 11.1 Å². The average molecular weight is 199 g/mol. The predicted molar refractivity (Wildman–Crippen MR) is 59.0 cm³/mol. The molecule has 0 aliphatic heterocycles. The molecule has 0 aliphatic carbocycles. The molecular formula is C10H15ClSi. The zero-order valence-electron chi connectivity index (χ0n) is 7.68. The van der Waals surface area contributed by atoms with Gasteiger partial charge in [-0.15, -0.1) is 0 Å². The maximum absolute atomic E-state index is 5.95. The highest BCUT2D eigenvalue weighted by Crippen LogP contribution is 2.05. The molecule has 1 aromatic rings. The average Bonchev–Trinajstić information content (AvgIpc) is 2.04. The van der Waals surface area contributed by atoms with Gasteiger partial charge in [0.1, 0.15) is 0 Å². The van der Waals surface area contributed by atoms with Crippen molar-refractivity contribution < 1.29 is 0 Å². The quantitative estimate of drug-likeness (QED) is 0.514. The summed E-state index contributed by atoms with van der Waals surface area (Å²) in [6, 6.07) is 8.54. The fourth-order valence-corrected chi connectivity index (χ4v) is 2.77. The maximum Gasteiger partial charge on any atom is 0.156 e. The molecule has 0 fully saturated rings. The summed E-state index contributed by atoms with van der Waals surface area (Å²) >= 11 is 5.95. The lowest BCUT2D eigenvalue weighted by Gasteiger charge is -2.08. The molecule has 0 spiro atoms. The number of hydrogen-bond donors (Lipinski definition) is 0. The van der Waals surface area contributed by atoms with Crippen molar-refractivity contribution in [3.8, 4) is 0 Å². The monoisotopic (exact) mass is 198 g/mol. The van der Waals surface area contributed by atoms with Gasteiger partial charge in [-0.1, -0.05) is 38.1 Å². The van der Waals surface area contributed by atoms with Gasteiger partial charge >= 0.3 is 0 Å². The molecule has 0 bridgehead atoms. The van der Waals surface area contributed by atoms with Crippen LogP contribution in [0.25, 0.3) is 0 Å². The SMILES string of the molecule is CC(C)Cc1ccccc1[SiH2]Cl. The maximum atomic E-state index is 5.95. The molecule has 0 amide bonds. The van der Waals surface area contributed by atoms with E-state index < -0.39 is 8.83 Å². The summed E-state index contributed by atoms with van der Waals surface area (Å²) in [4.78, 5) is 0. The molecule has 12 heavy (non-hydrogen) atoms. The van der Waals surface area contributed by atoms with Crippen molar-refractivity contribution in [2.45, 2.75) is 20.3 Å². The molecule has 0 unspecified atom stereocenters. The minimum absolute atomic E-state index is 0.508. The number of hydrogen-bond acceptors (Lipinski definition) is 0. The molecule has 0 N–H and O–H groups in total. The molecule has 0 heterocycles. The van der Waals surface area contributed by atoms with Crippen LogP contribution in [0.1, 0.15) is 19.4 Å². The van der Waals surface area contributed by atoms with Gasteiger partial charge in [-0.2, -0.15) is 11.1 Å². The topological polar surface area (TPSA) is 0 Å². The van der Waals surface area contributed by atoms with Crippen LogP contribution in [0.5, 0.6) is 0 Å². The first-order valence-corrected chi connectivity index (χ1v) is 7.21. The lowest BCUT2D eigenvalue weighted by Crippen LogP contribution is -2.16. The van der Waals surface area contributed by atoms with Crippen molar-refractivity contribution in [1.82, 2.24) is 0 Å². The minimum atomic E-state index is -0.508. The van der Waals surface area contributed by atoms with Gasteiger partial charge in [0, 0.05) is 0 Å². The molecule has 0 nitrogen and oxygen atoms in total. The van der Waals surface area contributed by atoms with Gasteiger partial charge in [-0.3, -0.25) is 0 Å². The van der Waals surface area contributed by atoms with Gasteiger partial charge in [0.15, 0.2) is 8.83 Å². The Morgan fingerprint density at radius 3 is 2.58 bits per heavy atom. The lowest BCUT2D eigenvalue weighted by molar-refractivity contribution is 0.649. The van der Waals surface area contributed by atoms with Crippen molar-refractivity contribution in [3.05, 3.63) is 29.8 Å². The highest BCUT2D eigenvalue weighted by molar-refractivity contribution is 7.01. The summed E-state index contributed by atoms with van der Waals surface area (Å²) in [5, 5.41) is 1.41. The van der Waals surface area contributed by atoms with Crippen LogP contribution >= 0.6 is 11.1 Å². The van der Waals surface area contributed by atoms with Gasteiger partial charge in [0.2, 0.25) is 0 Å². The van der Waals surface area contributed by atoms with E-state index in [0.29, 0.717) is 0 Å². The van der Waals surface area contributed by atoms with E-state index in [9.17, 15) is 0 Å². The second-order valence-corrected chi connectivity index (χ2v) is 5.33. The first kappa shape index (κ1) is 9.81. The fraction of sp³-hybridized carbons (Fsp3) is 0.400. The van der Waals surface area contributed by atoms with E-state index in [-0.39, 0.29) is 0 Å². The highest BCUT2D eigenvalue weighted by Gasteiger charge is 2.02. The van der Waals surface area contributed by atoms with Crippen LogP contribution in [0.15, 0.2) is 24.3 Å². The van der Waals surface area contributed by atoms with E-state index in [0.717, 1.165) is 12.3 Å². The third-order valence-electron chi connectivity index (χ3n) is 1.89. The van der Waals surface area contributed by atoms with Crippen molar-refractivity contribution in [1.29, 1.82) is 0 Å². The Hall–Kier alpha value is -0.273. The van der Waals surface area contributed by atoms with Gasteiger partial charge in [0.25, 0.3) is 0 Å². The summed E-state index contributed by atoms with van der Waals surface area (Å²) in [6.45, 7) is 4.49. The Morgan fingerprint density at radius 2 is 2.00 bits per heavy atom. The van der Waals surface area contributed by atoms with Crippen LogP contribution in [0.3, 0.4) is 0 Å². The van der Waals surface area contributed by atoms with Crippen molar-refractivity contribution >= 4 is 25.1 Å². The van der Waals surface area contributed by atoms with Gasteiger partial charge in [-0.25, -0.2) is 0 Å². The standard InChI is InChI=1S/C10H15ClSi/c1-8(2)7-9-5-3-4-6-10(9)12-11/h3-6,8H,7,12H2,1-2H3. The molecule has 0 aliphatic rings. The normalized spacial score (nSPS) is 11.7. The molecule has 0 atom stereocenters. The second kappa shape index (κ2) is 4.68. The van der Waals surface area contributed by atoms with Crippen molar-refractivity contribution in [2.75, 3.05) is 0 Å². The number of halogens is 1. The Balaban J connectivity index is 2.82. The highest BCUT2D eigenvalue weighted by atomic mass is 35.6. The van der Waals surface area contributed by atoms with Crippen LogP contribution in [0, 0.1) is 5.92 Å². The number of benzene rings is 1. The fourth-order valence-electron chi connectivity index (χ4n) is 1.33. The Kier molecular flexibility index (Phi) is 3.83. The number of rotatable bonds is 3. The first-order valence-electron chi connectivity index (χ1n) is 4.36. The molecule has 0 aromatic heterocycles. The minimum Gasteiger partial charge on any atom is -0.170 e. The smallest absolute Gasteiger partial charge is 0.156 e. The van der Waals surface area contributed by atoms with Crippen LogP contribution in [-0.2, 0) is 6.42 Å². The van der Waals surface area contributed by atoms with Gasteiger partial charge in [0.05, 0.1) is 0 Å². The molecule has 2 heteroatoms. The summed E-state index contributed by atoms with van der Waals surface area (Å²) in [5.41, 5.74) is 1.45. The zero-order chi connectivity index (χ0) is 8.97. The third kappa shape index (κ3) is 2.65. The molecule has 1 rings (SSSR count). The van der Waals surface area contributed by atoms with Crippen LogP contribution in [-0.4, -0.2) is 8.83 Å². The molecule has 1 aromatic carbocycles. The second-order valence-electron chi connectivity index (χ2n) is 3.50. The molecule has 0 saturated carbocycles. The van der Waals surface area contributed by atoms with Crippen molar-refractivity contribution in [2.24, 2.45) is 5.92 Å². The van der Waals surface area contributed by atoms with Crippen molar-refractivity contribution in [3.63, 3.8) is 0 Å². The summed E-state index contributed by atoms with van der Waals surface area (Å²) in [7, 11) is -0.508. The Morgan fingerprint density at radius 1 is 1.33 bits per heavy atom.